The molecule has 0 aliphatic carbocycles. The molecule has 0 aliphatic rings. The van der Waals surface area contributed by atoms with Crippen LogP contribution in [0.25, 0.3) is 6.08 Å². The van der Waals surface area contributed by atoms with Crippen LogP contribution in [-0.2, 0) is 14.3 Å². The van der Waals surface area contributed by atoms with Crippen LogP contribution in [-0.4, -0.2) is 37.2 Å². The van der Waals surface area contributed by atoms with E-state index in [0.29, 0.717) is 11.1 Å². The lowest BCUT2D eigenvalue weighted by Gasteiger charge is -2.08. The van der Waals surface area contributed by atoms with Gasteiger partial charge in [-0.1, -0.05) is 18.2 Å². The van der Waals surface area contributed by atoms with E-state index < -0.39 is 17.8 Å². The first kappa shape index (κ1) is 18.7. The van der Waals surface area contributed by atoms with Gasteiger partial charge in [-0.2, -0.15) is 0 Å². The number of carbonyl (C=O) groups excluding carboxylic acids is 3. The van der Waals surface area contributed by atoms with Crippen molar-refractivity contribution in [3.8, 4) is 5.75 Å². The summed E-state index contributed by atoms with van der Waals surface area (Å²) in [5.41, 5.74) is 1.13. The van der Waals surface area contributed by atoms with E-state index >= 15 is 0 Å². The van der Waals surface area contributed by atoms with Crippen LogP contribution in [0.4, 0.5) is 5.69 Å². The van der Waals surface area contributed by atoms with E-state index in [-0.39, 0.29) is 17.0 Å². The third-order valence-electron chi connectivity index (χ3n) is 3.46. The molecule has 134 valence electrons. The lowest BCUT2D eigenvalue weighted by Crippen LogP contribution is -2.10. The molecule has 0 saturated carbocycles. The summed E-state index contributed by atoms with van der Waals surface area (Å²) in [4.78, 5) is 34.9. The molecular formula is C19H17NO6. The maximum Gasteiger partial charge on any atom is 0.341 e. The Morgan fingerprint density at radius 1 is 0.962 bits per heavy atom. The summed E-state index contributed by atoms with van der Waals surface area (Å²) in [6, 6.07) is 10.8. The fourth-order valence-electron chi connectivity index (χ4n) is 2.11. The molecule has 0 atom stereocenters. The smallest absolute Gasteiger partial charge is 0.341 e. The Morgan fingerprint density at radius 3 is 2.23 bits per heavy atom. The molecule has 2 aromatic rings. The van der Waals surface area contributed by atoms with Crippen LogP contribution in [0.3, 0.4) is 0 Å². The number of anilines is 1. The van der Waals surface area contributed by atoms with Gasteiger partial charge in [0.25, 0.3) is 0 Å². The number of rotatable bonds is 5. The van der Waals surface area contributed by atoms with E-state index in [1.807, 2.05) is 0 Å². The molecule has 0 aliphatic heterocycles. The molecule has 26 heavy (non-hydrogen) atoms. The van der Waals surface area contributed by atoms with Gasteiger partial charge in [0.15, 0.2) is 5.75 Å². The average molecular weight is 355 g/mol. The number of esters is 2. The summed E-state index contributed by atoms with van der Waals surface area (Å²) in [5, 5.41) is 12.5. The van der Waals surface area contributed by atoms with Crippen LogP contribution < -0.4 is 5.32 Å². The number of nitrogens with one attached hydrogen (secondary N) is 1. The van der Waals surface area contributed by atoms with Crippen molar-refractivity contribution in [1.82, 2.24) is 0 Å². The zero-order valence-corrected chi connectivity index (χ0v) is 14.2. The largest absolute Gasteiger partial charge is 0.505 e. The summed E-state index contributed by atoms with van der Waals surface area (Å²) >= 11 is 0. The number of hydrogen-bond acceptors (Lipinski definition) is 6. The van der Waals surface area contributed by atoms with Crippen molar-refractivity contribution in [1.29, 1.82) is 0 Å². The highest BCUT2D eigenvalue weighted by atomic mass is 16.5. The molecule has 0 heterocycles. The summed E-state index contributed by atoms with van der Waals surface area (Å²) < 4.78 is 9.17. The van der Waals surface area contributed by atoms with Crippen molar-refractivity contribution >= 4 is 29.6 Å². The zero-order valence-electron chi connectivity index (χ0n) is 14.2. The quantitative estimate of drug-likeness (QED) is 0.486. The number of benzene rings is 2. The molecule has 0 aromatic heterocycles. The van der Waals surface area contributed by atoms with E-state index in [2.05, 4.69) is 14.8 Å². The summed E-state index contributed by atoms with van der Waals surface area (Å²) in [5.74, 6) is -2.03. The zero-order chi connectivity index (χ0) is 19.1. The van der Waals surface area contributed by atoms with Gasteiger partial charge in [-0.05, 0) is 35.9 Å². The van der Waals surface area contributed by atoms with Crippen LogP contribution in [0.15, 0.2) is 48.5 Å². The topological polar surface area (TPSA) is 102 Å². The fourth-order valence-corrected chi connectivity index (χ4v) is 2.11. The van der Waals surface area contributed by atoms with E-state index in [1.54, 1.807) is 24.3 Å². The Labute approximate surface area is 149 Å². The van der Waals surface area contributed by atoms with Gasteiger partial charge < -0.3 is 19.9 Å². The Morgan fingerprint density at radius 2 is 1.62 bits per heavy atom. The second kappa shape index (κ2) is 8.48. The van der Waals surface area contributed by atoms with Crippen molar-refractivity contribution in [3.63, 3.8) is 0 Å². The molecule has 0 spiro atoms. The Bertz CT molecular complexity index is 855. The minimum Gasteiger partial charge on any atom is -0.505 e. The van der Waals surface area contributed by atoms with Gasteiger partial charge in [-0.15, -0.1) is 0 Å². The number of methoxy groups -OCH3 is 2. The Balaban J connectivity index is 2.08. The maximum atomic E-state index is 12.0. The molecule has 7 heteroatoms. The number of ether oxygens (including phenoxy) is 2. The van der Waals surface area contributed by atoms with E-state index in [1.165, 1.54) is 44.6 Å². The molecule has 1 amide bonds. The maximum absolute atomic E-state index is 12.0. The first-order valence-electron chi connectivity index (χ1n) is 7.54. The molecule has 0 bridgehead atoms. The number of carbonyl (C=O) groups is 3. The van der Waals surface area contributed by atoms with Crippen LogP contribution in [0.1, 0.15) is 26.3 Å². The first-order chi connectivity index (χ1) is 12.5. The van der Waals surface area contributed by atoms with Crippen molar-refractivity contribution in [3.05, 3.63) is 65.2 Å². The number of phenols is 1. The molecule has 2 rings (SSSR count). The summed E-state index contributed by atoms with van der Waals surface area (Å²) in [6.45, 7) is 0. The van der Waals surface area contributed by atoms with E-state index in [4.69, 9.17) is 0 Å². The molecule has 0 unspecified atom stereocenters. The van der Waals surface area contributed by atoms with Gasteiger partial charge in [0.05, 0.1) is 25.5 Å². The van der Waals surface area contributed by atoms with Crippen molar-refractivity contribution in [2.45, 2.75) is 0 Å². The van der Waals surface area contributed by atoms with E-state index in [9.17, 15) is 19.5 Å². The minimum absolute atomic E-state index is 0.0484. The molecule has 2 N–H and O–H groups in total. The highest BCUT2D eigenvalue weighted by Gasteiger charge is 2.15. The molecule has 2 aromatic carbocycles. The van der Waals surface area contributed by atoms with Gasteiger partial charge >= 0.3 is 11.9 Å². The standard InChI is InChI=1S/C19H17NO6/c1-25-18(23)13-9-6-12(7-10-13)8-11-16(21)20-15-5-3-4-14(17(15)22)19(24)26-2/h3-11,22H,1-2H3,(H,20,21)/b11-8+. The lowest BCUT2D eigenvalue weighted by molar-refractivity contribution is -0.111. The second-order valence-electron chi connectivity index (χ2n) is 5.13. The molecular weight excluding hydrogens is 338 g/mol. The van der Waals surface area contributed by atoms with Gasteiger partial charge in [-0.25, -0.2) is 9.59 Å². The Kier molecular flexibility index (Phi) is 6.10. The number of aromatic hydroxyl groups is 1. The van der Waals surface area contributed by atoms with Gasteiger partial charge in [0.2, 0.25) is 5.91 Å². The molecule has 0 saturated heterocycles. The average Bonchev–Trinajstić information content (AvgIpc) is 2.67. The summed E-state index contributed by atoms with van der Waals surface area (Å²) in [7, 11) is 2.49. The second-order valence-corrected chi connectivity index (χ2v) is 5.13. The predicted molar refractivity (Wildman–Crippen MR) is 94.9 cm³/mol. The lowest BCUT2D eigenvalue weighted by atomic mass is 10.1. The van der Waals surface area contributed by atoms with Gasteiger partial charge in [0, 0.05) is 6.08 Å². The van der Waals surface area contributed by atoms with Crippen molar-refractivity contribution < 1.29 is 29.0 Å². The van der Waals surface area contributed by atoms with Crippen molar-refractivity contribution in [2.75, 3.05) is 19.5 Å². The molecule has 7 nitrogen and oxygen atoms in total. The number of phenolic OH excluding ortho intramolecular Hbond substituents is 1. The van der Waals surface area contributed by atoms with E-state index in [0.717, 1.165) is 0 Å². The highest BCUT2D eigenvalue weighted by Crippen LogP contribution is 2.27. The van der Waals surface area contributed by atoms with Gasteiger partial charge in [-0.3, -0.25) is 4.79 Å². The van der Waals surface area contributed by atoms with Crippen LogP contribution in [0, 0.1) is 0 Å². The van der Waals surface area contributed by atoms with Crippen LogP contribution >= 0.6 is 0 Å². The number of amides is 1. The van der Waals surface area contributed by atoms with Crippen molar-refractivity contribution in [2.24, 2.45) is 0 Å². The Hall–Kier alpha value is -3.61. The third-order valence-corrected chi connectivity index (χ3v) is 3.46. The number of hydrogen-bond donors (Lipinski definition) is 2. The highest BCUT2D eigenvalue weighted by molar-refractivity contribution is 6.04. The minimum atomic E-state index is -0.708. The normalized spacial score (nSPS) is 10.4. The van der Waals surface area contributed by atoms with Gasteiger partial charge in [0.1, 0.15) is 5.56 Å². The third kappa shape index (κ3) is 4.47. The first-order valence-corrected chi connectivity index (χ1v) is 7.54. The van der Waals surface area contributed by atoms with Crippen LogP contribution in [0.5, 0.6) is 5.75 Å². The molecule has 0 radical (unpaired) electrons. The van der Waals surface area contributed by atoms with Crippen LogP contribution in [0.2, 0.25) is 0 Å². The summed E-state index contributed by atoms with van der Waals surface area (Å²) in [6.07, 6.45) is 2.80. The predicted octanol–water partition coefficient (Wildman–Crippen LogP) is 2.62. The fraction of sp³-hybridized carbons (Fsp3) is 0.105. The number of para-hydroxylation sites is 1. The molecule has 0 fully saturated rings. The SMILES string of the molecule is COC(=O)c1ccc(/C=C/C(=O)Nc2cccc(C(=O)OC)c2O)cc1. The monoisotopic (exact) mass is 355 g/mol.